The van der Waals surface area contributed by atoms with Gasteiger partial charge in [-0.15, -0.1) is 0 Å². The van der Waals surface area contributed by atoms with E-state index in [0.717, 1.165) is 0 Å². The van der Waals surface area contributed by atoms with Gasteiger partial charge in [-0.25, -0.2) is 0 Å². The minimum Gasteiger partial charge on any atom is -0.426 e. The molecule has 0 aliphatic carbocycles. The number of benzene rings is 1. The van der Waals surface area contributed by atoms with Crippen molar-refractivity contribution < 1.29 is 9.53 Å². The number of halogens is 2. The van der Waals surface area contributed by atoms with Gasteiger partial charge in [0.2, 0.25) is 0 Å². The van der Waals surface area contributed by atoms with E-state index in [1.165, 1.54) is 12.1 Å². The van der Waals surface area contributed by atoms with Crippen LogP contribution in [0.15, 0.2) is 12.1 Å². The second kappa shape index (κ2) is 3.65. The number of anilines is 1. The maximum Gasteiger partial charge on any atom is 0.298 e. The average Bonchev–Trinajstić information content (AvgIpc) is 1.96. The molecule has 0 aliphatic heterocycles. The van der Waals surface area contributed by atoms with Crippen LogP contribution in [-0.2, 0) is 4.79 Å². The Labute approximate surface area is 79.0 Å². The van der Waals surface area contributed by atoms with Crippen molar-refractivity contribution in [1.82, 2.24) is 0 Å². The van der Waals surface area contributed by atoms with Crippen LogP contribution in [0.5, 0.6) is 5.75 Å². The highest BCUT2D eigenvalue weighted by atomic mass is 35.5. The smallest absolute Gasteiger partial charge is 0.298 e. The van der Waals surface area contributed by atoms with E-state index >= 15 is 0 Å². The Bertz CT molecular complexity index is 291. The average molecular weight is 206 g/mol. The van der Waals surface area contributed by atoms with Crippen molar-refractivity contribution in [3.8, 4) is 5.75 Å². The number of ether oxygens (including phenoxy) is 1. The van der Waals surface area contributed by atoms with Crippen LogP contribution >= 0.6 is 23.2 Å². The van der Waals surface area contributed by atoms with Gasteiger partial charge in [0.25, 0.3) is 6.47 Å². The van der Waals surface area contributed by atoms with E-state index in [2.05, 4.69) is 4.74 Å². The van der Waals surface area contributed by atoms with Crippen LogP contribution < -0.4 is 10.5 Å². The van der Waals surface area contributed by atoms with E-state index < -0.39 is 0 Å². The molecule has 0 spiro atoms. The number of nitrogen functional groups attached to an aromatic ring is 1. The summed E-state index contributed by atoms with van der Waals surface area (Å²) < 4.78 is 4.52. The molecular formula is C7H5Cl2NO2. The summed E-state index contributed by atoms with van der Waals surface area (Å²) in [6.07, 6.45) is 0. The predicted molar refractivity (Wildman–Crippen MR) is 47.6 cm³/mol. The van der Waals surface area contributed by atoms with Crippen LogP contribution in [-0.4, -0.2) is 6.47 Å². The third-order valence-electron chi connectivity index (χ3n) is 1.19. The van der Waals surface area contributed by atoms with Gasteiger partial charge in [-0.1, -0.05) is 23.2 Å². The molecule has 5 heteroatoms. The molecule has 0 radical (unpaired) electrons. The fourth-order valence-electron chi connectivity index (χ4n) is 0.740. The summed E-state index contributed by atoms with van der Waals surface area (Å²) in [4.78, 5) is 9.99. The Hall–Kier alpha value is -0.930. The summed E-state index contributed by atoms with van der Waals surface area (Å²) in [6, 6.07) is 2.90. The third kappa shape index (κ3) is 1.81. The van der Waals surface area contributed by atoms with Crippen LogP contribution in [0, 0.1) is 0 Å². The van der Waals surface area contributed by atoms with E-state index in [-0.39, 0.29) is 22.3 Å². The minimum absolute atomic E-state index is 0.127. The van der Waals surface area contributed by atoms with Crippen LogP contribution in [0.2, 0.25) is 10.0 Å². The second-order valence-corrected chi connectivity index (χ2v) is 2.84. The topological polar surface area (TPSA) is 52.3 Å². The molecule has 64 valence electrons. The van der Waals surface area contributed by atoms with Gasteiger partial charge in [0.1, 0.15) is 0 Å². The van der Waals surface area contributed by atoms with Gasteiger partial charge in [-0.05, 0) is 12.1 Å². The van der Waals surface area contributed by atoms with Crippen LogP contribution in [0.3, 0.4) is 0 Å². The largest absolute Gasteiger partial charge is 0.426 e. The summed E-state index contributed by atoms with van der Waals surface area (Å²) in [5.74, 6) is 0.127. The van der Waals surface area contributed by atoms with Gasteiger partial charge in [0.15, 0.2) is 5.75 Å². The second-order valence-electron chi connectivity index (χ2n) is 2.03. The molecular weight excluding hydrogens is 201 g/mol. The van der Waals surface area contributed by atoms with Crippen LogP contribution in [0.25, 0.3) is 0 Å². The highest BCUT2D eigenvalue weighted by molar-refractivity contribution is 6.37. The number of rotatable bonds is 2. The van der Waals surface area contributed by atoms with Crippen LogP contribution in [0.1, 0.15) is 0 Å². The number of hydrogen-bond acceptors (Lipinski definition) is 3. The molecule has 0 saturated carbocycles. The lowest BCUT2D eigenvalue weighted by Gasteiger charge is -2.04. The predicted octanol–water partition coefficient (Wildman–Crippen LogP) is 2.11. The lowest BCUT2D eigenvalue weighted by Crippen LogP contribution is -1.92. The van der Waals surface area contributed by atoms with Crippen molar-refractivity contribution in [2.45, 2.75) is 0 Å². The van der Waals surface area contributed by atoms with Gasteiger partial charge in [0, 0.05) is 5.69 Å². The molecule has 0 amide bonds. The van der Waals surface area contributed by atoms with Crippen molar-refractivity contribution in [3.05, 3.63) is 22.2 Å². The van der Waals surface area contributed by atoms with Gasteiger partial charge < -0.3 is 10.5 Å². The van der Waals surface area contributed by atoms with E-state index in [4.69, 9.17) is 28.9 Å². The van der Waals surface area contributed by atoms with Crippen LogP contribution in [0.4, 0.5) is 5.69 Å². The first-order valence-corrected chi connectivity index (χ1v) is 3.75. The normalized spacial score (nSPS) is 9.50. The van der Waals surface area contributed by atoms with E-state index in [1.807, 2.05) is 0 Å². The summed E-state index contributed by atoms with van der Waals surface area (Å²) >= 11 is 11.3. The molecule has 1 rings (SSSR count). The SMILES string of the molecule is Nc1cc(Cl)c(OC=O)c(Cl)c1. The zero-order chi connectivity index (χ0) is 9.14. The Morgan fingerprint density at radius 3 is 2.25 bits per heavy atom. The fourth-order valence-corrected chi connectivity index (χ4v) is 1.33. The molecule has 0 aliphatic rings. The first-order chi connectivity index (χ1) is 5.65. The highest BCUT2D eigenvalue weighted by Gasteiger charge is 2.07. The number of carbonyl (C=O) groups is 1. The van der Waals surface area contributed by atoms with Gasteiger partial charge >= 0.3 is 0 Å². The lowest BCUT2D eigenvalue weighted by atomic mass is 10.3. The molecule has 0 saturated heterocycles. The molecule has 0 aromatic heterocycles. The number of carbonyl (C=O) groups excluding carboxylic acids is 1. The molecule has 2 N–H and O–H groups in total. The van der Waals surface area contributed by atoms with Crippen molar-refractivity contribution in [1.29, 1.82) is 0 Å². The third-order valence-corrected chi connectivity index (χ3v) is 1.75. The molecule has 12 heavy (non-hydrogen) atoms. The minimum atomic E-state index is 0.127. The summed E-state index contributed by atoms with van der Waals surface area (Å²) in [5, 5.41) is 0.430. The van der Waals surface area contributed by atoms with Gasteiger partial charge in [-0.2, -0.15) is 0 Å². The Morgan fingerprint density at radius 1 is 1.33 bits per heavy atom. The van der Waals surface area contributed by atoms with E-state index in [1.54, 1.807) is 0 Å². The molecule has 3 nitrogen and oxygen atoms in total. The lowest BCUT2D eigenvalue weighted by molar-refractivity contribution is -0.120. The monoisotopic (exact) mass is 205 g/mol. The molecule has 0 fully saturated rings. The van der Waals surface area contributed by atoms with E-state index in [9.17, 15) is 4.79 Å². The molecule has 0 atom stereocenters. The first kappa shape index (κ1) is 9.16. The first-order valence-electron chi connectivity index (χ1n) is 3.00. The summed E-state index contributed by atoms with van der Waals surface area (Å²) in [6.45, 7) is 0.253. The summed E-state index contributed by atoms with van der Waals surface area (Å²) in [5.41, 5.74) is 5.83. The molecule has 1 aromatic carbocycles. The van der Waals surface area contributed by atoms with Gasteiger partial charge in [-0.3, -0.25) is 4.79 Å². The zero-order valence-corrected chi connectivity index (χ0v) is 7.39. The Balaban J connectivity index is 3.18. The van der Waals surface area contributed by atoms with Crippen molar-refractivity contribution >= 4 is 35.4 Å². The summed E-state index contributed by atoms with van der Waals surface area (Å²) in [7, 11) is 0. The number of hydrogen-bond donors (Lipinski definition) is 1. The van der Waals surface area contributed by atoms with Gasteiger partial charge in [0.05, 0.1) is 10.0 Å². The quantitative estimate of drug-likeness (QED) is 0.595. The van der Waals surface area contributed by atoms with E-state index in [0.29, 0.717) is 5.69 Å². The van der Waals surface area contributed by atoms with Crippen molar-refractivity contribution in [3.63, 3.8) is 0 Å². The number of nitrogens with two attached hydrogens (primary N) is 1. The van der Waals surface area contributed by atoms with Crippen molar-refractivity contribution in [2.75, 3.05) is 5.73 Å². The van der Waals surface area contributed by atoms with Crippen molar-refractivity contribution in [2.24, 2.45) is 0 Å². The Morgan fingerprint density at radius 2 is 1.83 bits per heavy atom. The Kier molecular flexibility index (Phi) is 2.78. The standard InChI is InChI=1S/C7H5Cl2NO2/c8-5-1-4(10)2-6(9)7(5)12-3-11/h1-3H,10H2. The molecule has 0 bridgehead atoms. The molecule has 1 aromatic rings. The maximum absolute atomic E-state index is 9.99. The fraction of sp³-hybridized carbons (Fsp3) is 0. The maximum atomic E-state index is 9.99. The molecule has 0 heterocycles. The highest BCUT2D eigenvalue weighted by Crippen LogP contribution is 2.34. The molecule has 0 unspecified atom stereocenters. The zero-order valence-electron chi connectivity index (χ0n) is 5.88.